The van der Waals surface area contributed by atoms with Crippen LogP contribution < -0.4 is 5.32 Å². The Labute approximate surface area is 115 Å². The van der Waals surface area contributed by atoms with Gasteiger partial charge < -0.3 is 20.1 Å². The topological polar surface area (TPSA) is 78.9 Å². The molecule has 0 aromatic rings. The van der Waals surface area contributed by atoms with Crippen molar-refractivity contribution in [3.63, 3.8) is 0 Å². The second-order valence-electron chi connectivity index (χ2n) is 4.87. The molecule has 0 unspecified atom stereocenters. The van der Waals surface area contributed by atoms with Crippen LogP contribution in [-0.4, -0.2) is 54.9 Å². The van der Waals surface area contributed by atoms with Crippen LogP contribution in [0, 0.1) is 5.92 Å². The van der Waals surface area contributed by atoms with Crippen LogP contribution in [0.15, 0.2) is 0 Å². The molecule has 0 heterocycles. The molecule has 0 aliphatic rings. The number of urea groups is 1. The molecule has 0 fully saturated rings. The van der Waals surface area contributed by atoms with Gasteiger partial charge in [0.05, 0.1) is 0 Å². The van der Waals surface area contributed by atoms with Gasteiger partial charge in [0, 0.05) is 26.3 Å². The van der Waals surface area contributed by atoms with Crippen molar-refractivity contribution in [2.45, 2.75) is 33.6 Å². The lowest BCUT2D eigenvalue weighted by Crippen LogP contribution is -2.43. The highest BCUT2D eigenvalue weighted by atomic mass is 16.5. The minimum Gasteiger partial charge on any atom is -0.480 e. The van der Waals surface area contributed by atoms with E-state index >= 15 is 0 Å². The largest absolute Gasteiger partial charge is 0.480 e. The van der Waals surface area contributed by atoms with Crippen molar-refractivity contribution in [2.75, 3.05) is 32.8 Å². The van der Waals surface area contributed by atoms with Gasteiger partial charge in [-0.05, 0) is 18.8 Å². The van der Waals surface area contributed by atoms with Gasteiger partial charge in [-0.1, -0.05) is 20.8 Å². The number of carbonyl (C=O) groups excluding carboxylic acids is 1. The normalized spacial score (nSPS) is 10.5. The number of carboxylic acid groups (broad SMARTS) is 1. The molecule has 0 aromatic heterocycles. The summed E-state index contributed by atoms with van der Waals surface area (Å²) in [4.78, 5) is 23.6. The number of carboxylic acids is 1. The minimum absolute atomic E-state index is 0.260. The molecule has 0 atom stereocenters. The summed E-state index contributed by atoms with van der Waals surface area (Å²) >= 11 is 0. The van der Waals surface area contributed by atoms with Gasteiger partial charge in [0.25, 0.3) is 0 Å². The third-order valence-electron chi connectivity index (χ3n) is 2.30. The fourth-order valence-corrected chi connectivity index (χ4v) is 1.49. The second-order valence-corrected chi connectivity index (χ2v) is 4.87. The van der Waals surface area contributed by atoms with Crippen LogP contribution in [0.4, 0.5) is 4.79 Å². The SMILES string of the molecule is CCCN(CC(=O)O)C(=O)NCCCOCC(C)C. The van der Waals surface area contributed by atoms with Crippen molar-refractivity contribution < 1.29 is 19.4 Å². The third-order valence-corrected chi connectivity index (χ3v) is 2.30. The third kappa shape index (κ3) is 10.3. The summed E-state index contributed by atoms with van der Waals surface area (Å²) in [7, 11) is 0. The Kier molecular flexibility index (Phi) is 9.88. The van der Waals surface area contributed by atoms with Crippen LogP contribution in [-0.2, 0) is 9.53 Å². The zero-order chi connectivity index (χ0) is 14.7. The van der Waals surface area contributed by atoms with Crippen molar-refractivity contribution in [1.82, 2.24) is 10.2 Å². The van der Waals surface area contributed by atoms with Crippen LogP contribution in [0.2, 0.25) is 0 Å². The van der Waals surface area contributed by atoms with Gasteiger partial charge in [0.1, 0.15) is 6.54 Å². The monoisotopic (exact) mass is 274 g/mol. The van der Waals surface area contributed by atoms with Crippen molar-refractivity contribution >= 4 is 12.0 Å². The number of aliphatic carboxylic acids is 1. The highest BCUT2D eigenvalue weighted by molar-refractivity contribution is 5.80. The maximum Gasteiger partial charge on any atom is 0.323 e. The summed E-state index contributed by atoms with van der Waals surface area (Å²) in [6, 6.07) is -0.326. The summed E-state index contributed by atoms with van der Waals surface area (Å²) < 4.78 is 5.39. The van der Waals surface area contributed by atoms with Crippen molar-refractivity contribution in [3.8, 4) is 0 Å². The molecule has 0 aliphatic heterocycles. The van der Waals surface area contributed by atoms with Crippen LogP contribution in [0.1, 0.15) is 33.6 Å². The molecule has 0 spiro atoms. The molecule has 0 bridgehead atoms. The summed E-state index contributed by atoms with van der Waals surface area (Å²) in [5.74, 6) is -0.492. The fraction of sp³-hybridized carbons (Fsp3) is 0.846. The first-order valence-electron chi connectivity index (χ1n) is 6.79. The van der Waals surface area contributed by atoms with E-state index in [-0.39, 0.29) is 12.6 Å². The molecule has 2 amide bonds. The Bertz CT molecular complexity index is 269. The van der Waals surface area contributed by atoms with Gasteiger partial charge in [-0.25, -0.2) is 4.79 Å². The van der Waals surface area contributed by atoms with Crippen molar-refractivity contribution in [1.29, 1.82) is 0 Å². The molecular formula is C13H26N2O4. The number of hydrogen-bond donors (Lipinski definition) is 2. The van der Waals surface area contributed by atoms with Crippen LogP contribution >= 0.6 is 0 Å². The van der Waals surface area contributed by atoms with E-state index in [2.05, 4.69) is 19.2 Å². The van der Waals surface area contributed by atoms with E-state index in [0.29, 0.717) is 25.6 Å². The number of ether oxygens (including phenoxy) is 1. The predicted octanol–water partition coefficient (Wildman–Crippen LogP) is 1.56. The summed E-state index contributed by atoms with van der Waals surface area (Å²) in [5, 5.41) is 11.4. The number of nitrogens with one attached hydrogen (secondary N) is 1. The standard InChI is InChI=1S/C13H26N2O4/c1-4-7-15(9-12(16)17)13(18)14-6-5-8-19-10-11(2)3/h11H,4-10H2,1-3H3,(H,14,18)(H,16,17). The molecule has 0 saturated carbocycles. The maximum absolute atomic E-state index is 11.7. The van der Waals surface area contributed by atoms with Crippen LogP contribution in [0.25, 0.3) is 0 Å². The van der Waals surface area contributed by atoms with E-state index in [0.717, 1.165) is 19.4 Å². The van der Waals surface area contributed by atoms with Gasteiger partial charge in [-0.15, -0.1) is 0 Å². The first-order valence-corrected chi connectivity index (χ1v) is 6.79. The van der Waals surface area contributed by atoms with E-state index < -0.39 is 5.97 Å². The van der Waals surface area contributed by atoms with Gasteiger partial charge in [-0.2, -0.15) is 0 Å². The van der Waals surface area contributed by atoms with E-state index in [1.54, 1.807) is 0 Å². The Balaban J connectivity index is 3.77. The average Bonchev–Trinajstić information content (AvgIpc) is 2.31. The highest BCUT2D eigenvalue weighted by Crippen LogP contribution is 1.95. The smallest absolute Gasteiger partial charge is 0.323 e. The molecule has 6 heteroatoms. The number of carbonyl (C=O) groups is 2. The van der Waals surface area contributed by atoms with Crippen LogP contribution in [0.3, 0.4) is 0 Å². The zero-order valence-electron chi connectivity index (χ0n) is 12.1. The van der Waals surface area contributed by atoms with Crippen LogP contribution in [0.5, 0.6) is 0 Å². The Morgan fingerprint density at radius 2 is 2.05 bits per heavy atom. The molecular weight excluding hydrogens is 248 g/mol. The molecule has 112 valence electrons. The van der Waals surface area contributed by atoms with Gasteiger partial charge >= 0.3 is 12.0 Å². The van der Waals surface area contributed by atoms with E-state index in [1.165, 1.54) is 4.90 Å². The fourth-order valence-electron chi connectivity index (χ4n) is 1.49. The lowest BCUT2D eigenvalue weighted by molar-refractivity contribution is -0.137. The lowest BCUT2D eigenvalue weighted by Gasteiger charge is -2.20. The summed E-state index contributed by atoms with van der Waals surface area (Å²) in [5.41, 5.74) is 0. The first-order chi connectivity index (χ1) is 8.97. The predicted molar refractivity (Wildman–Crippen MR) is 73.2 cm³/mol. The highest BCUT2D eigenvalue weighted by Gasteiger charge is 2.14. The van der Waals surface area contributed by atoms with E-state index in [1.807, 2.05) is 6.92 Å². The van der Waals surface area contributed by atoms with E-state index in [4.69, 9.17) is 9.84 Å². The number of rotatable bonds is 10. The molecule has 0 aromatic carbocycles. The summed E-state index contributed by atoms with van der Waals surface area (Å²) in [6.45, 7) is 8.07. The second kappa shape index (κ2) is 10.6. The molecule has 0 aliphatic carbocycles. The number of nitrogens with zero attached hydrogens (tertiary/aromatic N) is 1. The molecule has 2 N–H and O–H groups in total. The van der Waals surface area contributed by atoms with Crippen molar-refractivity contribution in [3.05, 3.63) is 0 Å². The van der Waals surface area contributed by atoms with E-state index in [9.17, 15) is 9.59 Å². The first kappa shape index (κ1) is 17.7. The molecule has 19 heavy (non-hydrogen) atoms. The summed E-state index contributed by atoms with van der Waals surface area (Å²) in [6.07, 6.45) is 1.46. The Morgan fingerprint density at radius 1 is 1.37 bits per heavy atom. The molecule has 0 saturated heterocycles. The van der Waals surface area contributed by atoms with Gasteiger partial charge in [0.15, 0.2) is 0 Å². The number of hydrogen-bond acceptors (Lipinski definition) is 3. The molecule has 6 nitrogen and oxygen atoms in total. The van der Waals surface area contributed by atoms with Crippen molar-refractivity contribution in [2.24, 2.45) is 5.92 Å². The minimum atomic E-state index is -0.996. The van der Waals surface area contributed by atoms with Gasteiger partial charge in [0.2, 0.25) is 0 Å². The average molecular weight is 274 g/mol. The molecule has 0 radical (unpaired) electrons. The Hall–Kier alpha value is -1.30. The maximum atomic E-state index is 11.7. The van der Waals surface area contributed by atoms with Gasteiger partial charge in [-0.3, -0.25) is 4.79 Å². The lowest BCUT2D eigenvalue weighted by atomic mass is 10.2. The zero-order valence-corrected chi connectivity index (χ0v) is 12.1. The number of amides is 2. The molecule has 0 rings (SSSR count). The quantitative estimate of drug-likeness (QED) is 0.592. The Morgan fingerprint density at radius 3 is 2.58 bits per heavy atom.